The van der Waals surface area contributed by atoms with Gasteiger partial charge >= 0.3 is 0 Å². The Morgan fingerprint density at radius 3 is 2.81 bits per heavy atom. The number of rotatable bonds is 7. The first-order valence-electron chi connectivity index (χ1n) is 6.23. The van der Waals surface area contributed by atoms with Gasteiger partial charge in [0.1, 0.15) is 0 Å². The van der Waals surface area contributed by atoms with E-state index in [4.69, 9.17) is 4.74 Å². The first-order valence-corrected chi connectivity index (χ1v) is 6.23. The third-order valence-electron chi connectivity index (χ3n) is 3.07. The Morgan fingerprint density at radius 1 is 1.25 bits per heavy atom. The first kappa shape index (κ1) is 11.5. The van der Waals surface area contributed by atoms with Gasteiger partial charge in [-0.05, 0) is 30.9 Å². The molecule has 0 aliphatic heterocycles. The highest BCUT2D eigenvalue weighted by molar-refractivity contribution is 5.50. The number of hydrogen-bond donors (Lipinski definition) is 1. The highest BCUT2D eigenvalue weighted by Gasteiger charge is 2.20. The monoisotopic (exact) mass is 219 g/mol. The Kier molecular flexibility index (Phi) is 4.23. The molecule has 1 saturated carbocycles. The summed E-state index contributed by atoms with van der Waals surface area (Å²) in [6.45, 7) is 4.76. The molecule has 0 heterocycles. The molecule has 0 spiro atoms. The normalized spacial score (nSPS) is 15.1. The van der Waals surface area contributed by atoms with Gasteiger partial charge in [-0.3, -0.25) is 0 Å². The summed E-state index contributed by atoms with van der Waals surface area (Å²) in [7, 11) is 0. The van der Waals surface area contributed by atoms with Crippen molar-refractivity contribution in [2.24, 2.45) is 5.92 Å². The number of ether oxygens (including phenoxy) is 1. The highest BCUT2D eigenvalue weighted by Crippen LogP contribution is 2.31. The van der Waals surface area contributed by atoms with Crippen LogP contribution in [0.3, 0.4) is 0 Å². The molecule has 2 rings (SSSR count). The van der Waals surface area contributed by atoms with Crippen molar-refractivity contribution in [1.82, 2.24) is 0 Å². The van der Waals surface area contributed by atoms with E-state index < -0.39 is 0 Å². The van der Waals surface area contributed by atoms with Gasteiger partial charge in [0, 0.05) is 18.8 Å². The highest BCUT2D eigenvalue weighted by atomic mass is 16.5. The number of nitrogens with one attached hydrogen (secondary N) is 1. The Morgan fingerprint density at radius 2 is 2.06 bits per heavy atom. The number of hydrogen-bond acceptors (Lipinski definition) is 2. The van der Waals surface area contributed by atoms with Crippen LogP contribution in [0.5, 0.6) is 0 Å². The third kappa shape index (κ3) is 3.86. The zero-order valence-electron chi connectivity index (χ0n) is 10.0. The average Bonchev–Trinajstić information content (AvgIpc) is 3.09. The minimum absolute atomic E-state index is 0.807. The molecular weight excluding hydrogens is 198 g/mol. The van der Waals surface area contributed by atoms with Crippen LogP contribution in [0.2, 0.25) is 0 Å². The van der Waals surface area contributed by atoms with Crippen LogP contribution in [0.25, 0.3) is 0 Å². The molecule has 1 aliphatic rings. The van der Waals surface area contributed by atoms with Gasteiger partial charge in [-0.15, -0.1) is 0 Å². The van der Waals surface area contributed by atoms with Crippen molar-refractivity contribution in [3.05, 3.63) is 29.8 Å². The second kappa shape index (κ2) is 5.90. The van der Waals surface area contributed by atoms with E-state index in [9.17, 15) is 0 Å². The Hall–Kier alpha value is -1.02. The lowest BCUT2D eigenvalue weighted by Gasteiger charge is -2.09. The molecule has 1 N–H and O–H groups in total. The van der Waals surface area contributed by atoms with E-state index in [1.165, 1.54) is 30.5 Å². The van der Waals surface area contributed by atoms with Crippen LogP contribution in [-0.2, 0) is 4.74 Å². The minimum atomic E-state index is 0.807. The van der Waals surface area contributed by atoms with Crippen molar-refractivity contribution in [2.75, 3.05) is 25.1 Å². The summed E-state index contributed by atoms with van der Waals surface area (Å²) >= 11 is 0. The van der Waals surface area contributed by atoms with Crippen LogP contribution in [0.1, 0.15) is 24.8 Å². The van der Waals surface area contributed by atoms with Crippen LogP contribution < -0.4 is 5.32 Å². The van der Waals surface area contributed by atoms with Gasteiger partial charge in [-0.25, -0.2) is 0 Å². The summed E-state index contributed by atoms with van der Waals surface area (Å²) in [5.41, 5.74) is 2.51. The van der Waals surface area contributed by atoms with Crippen molar-refractivity contribution in [1.29, 1.82) is 0 Å². The van der Waals surface area contributed by atoms with Gasteiger partial charge in [0.05, 0.1) is 6.61 Å². The van der Waals surface area contributed by atoms with Crippen LogP contribution in [0, 0.1) is 12.8 Å². The van der Waals surface area contributed by atoms with Crippen LogP contribution in [0.4, 0.5) is 5.69 Å². The lowest BCUT2D eigenvalue weighted by atomic mass is 10.2. The van der Waals surface area contributed by atoms with Crippen molar-refractivity contribution >= 4 is 5.69 Å². The lowest BCUT2D eigenvalue weighted by molar-refractivity contribution is 0.137. The summed E-state index contributed by atoms with van der Waals surface area (Å²) < 4.78 is 5.58. The molecule has 0 atom stereocenters. The average molecular weight is 219 g/mol. The number of para-hydroxylation sites is 1. The van der Waals surface area contributed by atoms with E-state index in [-0.39, 0.29) is 0 Å². The molecule has 2 heteroatoms. The van der Waals surface area contributed by atoms with E-state index in [1.54, 1.807) is 0 Å². The van der Waals surface area contributed by atoms with Crippen LogP contribution >= 0.6 is 0 Å². The van der Waals surface area contributed by atoms with Gasteiger partial charge in [-0.1, -0.05) is 31.0 Å². The van der Waals surface area contributed by atoms with Gasteiger partial charge in [-0.2, -0.15) is 0 Å². The molecule has 1 fully saturated rings. The molecule has 0 amide bonds. The largest absolute Gasteiger partial charge is 0.383 e. The van der Waals surface area contributed by atoms with Gasteiger partial charge in [0.2, 0.25) is 0 Å². The van der Waals surface area contributed by atoms with Crippen LogP contribution in [-0.4, -0.2) is 19.8 Å². The first-order chi connectivity index (χ1) is 7.86. The second-order valence-electron chi connectivity index (χ2n) is 4.59. The molecule has 1 aromatic carbocycles. The number of aryl methyl sites for hydroxylation is 1. The molecule has 16 heavy (non-hydrogen) atoms. The molecule has 1 aromatic rings. The lowest BCUT2D eigenvalue weighted by Crippen LogP contribution is -2.10. The fourth-order valence-electron chi connectivity index (χ4n) is 1.79. The van der Waals surface area contributed by atoms with E-state index >= 15 is 0 Å². The summed E-state index contributed by atoms with van der Waals surface area (Å²) in [5.74, 6) is 0.976. The van der Waals surface area contributed by atoms with E-state index in [0.29, 0.717) is 0 Å². The van der Waals surface area contributed by atoms with E-state index in [0.717, 1.165) is 25.7 Å². The molecular formula is C14H21NO. The Balaban J connectivity index is 1.55. The van der Waals surface area contributed by atoms with E-state index in [2.05, 4.69) is 36.5 Å². The minimum Gasteiger partial charge on any atom is -0.383 e. The number of anilines is 1. The smallest absolute Gasteiger partial charge is 0.0639 e. The molecule has 2 nitrogen and oxygen atoms in total. The maximum absolute atomic E-state index is 5.58. The molecule has 0 saturated heterocycles. The topological polar surface area (TPSA) is 21.3 Å². The van der Waals surface area contributed by atoms with Crippen LogP contribution in [0.15, 0.2) is 24.3 Å². The van der Waals surface area contributed by atoms with Crippen molar-refractivity contribution in [3.8, 4) is 0 Å². The molecule has 0 aromatic heterocycles. The predicted octanol–water partition coefficient (Wildman–Crippen LogP) is 3.22. The maximum atomic E-state index is 5.58. The van der Waals surface area contributed by atoms with Crippen molar-refractivity contribution < 1.29 is 4.74 Å². The zero-order valence-corrected chi connectivity index (χ0v) is 10.0. The molecule has 0 bridgehead atoms. The SMILES string of the molecule is Cc1ccccc1NCCOCCC1CC1. The third-order valence-corrected chi connectivity index (χ3v) is 3.07. The molecule has 0 unspecified atom stereocenters. The summed E-state index contributed by atoms with van der Waals surface area (Å²) in [6, 6.07) is 8.35. The Labute approximate surface area is 98.0 Å². The standard InChI is InChI=1S/C14H21NO/c1-12-4-2-3-5-14(12)15-9-11-16-10-8-13-6-7-13/h2-5,13,15H,6-11H2,1H3. The van der Waals surface area contributed by atoms with E-state index in [1.807, 2.05) is 0 Å². The molecule has 1 aliphatic carbocycles. The molecule has 0 radical (unpaired) electrons. The predicted molar refractivity (Wildman–Crippen MR) is 67.8 cm³/mol. The fourth-order valence-corrected chi connectivity index (χ4v) is 1.79. The van der Waals surface area contributed by atoms with Gasteiger partial charge in [0.25, 0.3) is 0 Å². The second-order valence-corrected chi connectivity index (χ2v) is 4.59. The maximum Gasteiger partial charge on any atom is 0.0639 e. The van der Waals surface area contributed by atoms with Crippen molar-refractivity contribution in [3.63, 3.8) is 0 Å². The van der Waals surface area contributed by atoms with Gasteiger partial charge < -0.3 is 10.1 Å². The zero-order chi connectivity index (χ0) is 11.2. The molecule has 88 valence electrons. The quantitative estimate of drug-likeness (QED) is 0.711. The summed E-state index contributed by atoms with van der Waals surface area (Å²) in [5, 5.41) is 3.39. The summed E-state index contributed by atoms with van der Waals surface area (Å²) in [4.78, 5) is 0. The van der Waals surface area contributed by atoms with Gasteiger partial charge in [0.15, 0.2) is 0 Å². The summed E-state index contributed by atoms with van der Waals surface area (Å²) in [6.07, 6.45) is 4.10. The number of benzene rings is 1. The van der Waals surface area contributed by atoms with Crippen molar-refractivity contribution in [2.45, 2.75) is 26.2 Å². The Bertz CT molecular complexity index is 320. The fraction of sp³-hybridized carbons (Fsp3) is 0.571.